The second-order valence-electron chi connectivity index (χ2n) is 4.27. The van der Waals surface area contributed by atoms with Crippen LogP contribution in [0.25, 0.3) is 0 Å². The smallest absolute Gasteiger partial charge is 0.0547 e. The molecule has 0 aromatic carbocycles. The fraction of sp³-hybridized carbons (Fsp3) is 0.583. The van der Waals surface area contributed by atoms with Gasteiger partial charge in [-0.3, -0.25) is 14.1 Å². The highest BCUT2D eigenvalue weighted by Gasteiger charge is 2.15. The lowest BCUT2D eigenvalue weighted by Gasteiger charge is -2.25. The molecule has 17 heavy (non-hydrogen) atoms. The van der Waals surface area contributed by atoms with Crippen molar-refractivity contribution in [2.24, 2.45) is 0 Å². The molecule has 1 aliphatic heterocycles. The van der Waals surface area contributed by atoms with Crippen LogP contribution >= 0.6 is 0 Å². The van der Waals surface area contributed by atoms with Gasteiger partial charge in [0.2, 0.25) is 0 Å². The largest absolute Gasteiger partial charge is 0.314 e. The molecule has 94 valence electrons. The standard InChI is InChI=1S/C12H19N3OS/c1-13-9-11-3-2-4-12(14-11)10-15-5-7-17(16)8-6-15/h2-4,13H,5-10H2,1H3. The Morgan fingerprint density at radius 1 is 1.35 bits per heavy atom. The quantitative estimate of drug-likeness (QED) is 0.842. The average molecular weight is 253 g/mol. The van der Waals surface area contributed by atoms with Crippen LogP contribution in [0.15, 0.2) is 18.2 Å². The molecule has 0 radical (unpaired) electrons. The van der Waals surface area contributed by atoms with Gasteiger partial charge in [0.25, 0.3) is 0 Å². The zero-order chi connectivity index (χ0) is 12.1. The number of aromatic nitrogens is 1. The molecule has 2 heterocycles. The molecule has 1 saturated heterocycles. The predicted molar refractivity (Wildman–Crippen MR) is 70.2 cm³/mol. The van der Waals surface area contributed by atoms with Gasteiger partial charge in [0, 0.05) is 48.5 Å². The maximum Gasteiger partial charge on any atom is 0.0547 e. The first kappa shape index (κ1) is 12.7. The minimum absolute atomic E-state index is 0.598. The van der Waals surface area contributed by atoms with Crippen LogP contribution in [0.5, 0.6) is 0 Å². The molecule has 1 fully saturated rings. The minimum Gasteiger partial charge on any atom is -0.314 e. The lowest BCUT2D eigenvalue weighted by Crippen LogP contribution is -2.37. The molecule has 0 saturated carbocycles. The maximum atomic E-state index is 11.3. The van der Waals surface area contributed by atoms with Crippen LogP contribution in [0.1, 0.15) is 11.4 Å². The summed E-state index contributed by atoms with van der Waals surface area (Å²) >= 11 is 0. The van der Waals surface area contributed by atoms with Crippen molar-refractivity contribution in [3.05, 3.63) is 29.6 Å². The summed E-state index contributed by atoms with van der Waals surface area (Å²) in [4.78, 5) is 6.92. The fourth-order valence-electron chi connectivity index (χ4n) is 1.96. The number of nitrogens with one attached hydrogen (secondary N) is 1. The van der Waals surface area contributed by atoms with Gasteiger partial charge in [-0.05, 0) is 19.2 Å². The van der Waals surface area contributed by atoms with Crippen molar-refractivity contribution in [2.45, 2.75) is 13.1 Å². The molecular formula is C12H19N3OS. The van der Waals surface area contributed by atoms with Gasteiger partial charge in [-0.25, -0.2) is 0 Å². The van der Waals surface area contributed by atoms with E-state index in [9.17, 15) is 4.21 Å². The summed E-state index contributed by atoms with van der Waals surface area (Å²) in [6, 6.07) is 6.15. The maximum absolute atomic E-state index is 11.3. The molecule has 1 aromatic rings. The number of hydrogen-bond acceptors (Lipinski definition) is 4. The van der Waals surface area contributed by atoms with Crippen LogP contribution in [0.2, 0.25) is 0 Å². The zero-order valence-corrected chi connectivity index (χ0v) is 11.0. The van der Waals surface area contributed by atoms with E-state index >= 15 is 0 Å². The first-order valence-electron chi connectivity index (χ1n) is 5.94. The van der Waals surface area contributed by atoms with Crippen LogP contribution in [-0.4, -0.2) is 45.7 Å². The summed E-state index contributed by atoms with van der Waals surface area (Å²) in [6.07, 6.45) is 0. The molecule has 0 spiro atoms. The van der Waals surface area contributed by atoms with Gasteiger partial charge in [-0.1, -0.05) is 6.07 Å². The third-order valence-corrected chi connectivity index (χ3v) is 4.15. The van der Waals surface area contributed by atoms with Crippen molar-refractivity contribution < 1.29 is 4.21 Å². The van der Waals surface area contributed by atoms with Crippen molar-refractivity contribution in [3.8, 4) is 0 Å². The second kappa shape index (κ2) is 6.23. The van der Waals surface area contributed by atoms with Gasteiger partial charge in [-0.15, -0.1) is 0 Å². The highest BCUT2D eigenvalue weighted by Crippen LogP contribution is 2.07. The van der Waals surface area contributed by atoms with E-state index in [2.05, 4.69) is 27.3 Å². The van der Waals surface area contributed by atoms with Gasteiger partial charge in [-0.2, -0.15) is 0 Å². The molecule has 0 atom stereocenters. The van der Waals surface area contributed by atoms with Crippen molar-refractivity contribution in [2.75, 3.05) is 31.6 Å². The summed E-state index contributed by atoms with van der Waals surface area (Å²) in [7, 11) is 1.33. The highest BCUT2D eigenvalue weighted by molar-refractivity contribution is 7.85. The molecule has 5 heteroatoms. The second-order valence-corrected chi connectivity index (χ2v) is 5.97. The molecule has 2 rings (SSSR count). The molecule has 0 unspecified atom stereocenters. The number of nitrogens with zero attached hydrogens (tertiary/aromatic N) is 2. The van der Waals surface area contributed by atoms with E-state index in [0.717, 1.165) is 49.1 Å². The van der Waals surface area contributed by atoms with Crippen molar-refractivity contribution in [3.63, 3.8) is 0 Å². The van der Waals surface area contributed by atoms with E-state index < -0.39 is 10.8 Å². The van der Waals surface area contributed by atoms with Gasteiger partial charge in [0.05, 0.1) is 11.4 Å². The Bertz CT molecular complexity index is 387. The van der Waals surface area contributed by atoms with Crippen molar-refractivity contribution >= 4 is 10.8 Å². The lowest BCUT2D eigenvalue weighted by atomic mass is 10.3. The summed E-state index contributed by atoms with van der Waals surface area (Å²) < 4.78 is 11.3. The zero-order valence-electron chi connectivity index (χ0n) is 10.2. The Kier molecular flexibility index (Phi) is 4.65. The lowest BCUT2D eigenvalue weighted by molar-refractivity contribution is 0.288. The van der Waals surface area contributed by atoms with Crippen LogP contribution in [-0.2, 0) is 23.9 Å². The first-order chi connectivity index (χ1) is 8.28. The SMILES string of the molecule is CNCc1cccc(CN2CCS(=O)CC2)n1. The van der Waals surface area contributed by atoms with Crippen LogP contribution in [0.3, 0.4) is 0 Å². The number of rotatable bonds is 4. The average Bonchev–Trinajstić information content (AvgIpc) is 2.33. The highest BCUT2D eigenvalue weighted by atomic mass is 32.2. The fourth-order valence-corrected chi connectivity index (χ4v) is 3.09. The first-order valence-corrected chi connectivity index (χ1v) is 7.43. The Balaban J connectivity index is 1.93. The normalized spacial score (nSPS) is 18.4. The summed E-state index contributed by atoms with van der Waals surface area (Å²) in [5, 5.41) is 3.10. The Morgan fingerprint density at radius 3 is 2.76 bits per heavy atom. The Labute approximate surface area is 105 Å². The van der Waals surface area contributed by atoms with E-state index in [0.29, 0.717) is 0 Å². The molecule has 1 aromatic heterocycles. The predicted octanol–water partition coefficient (Wildman–Crippen LogP) is 0.365. The van der Waals surface area contributed by atoms with Gasteiger partial charge in [0.15, 0.2) is 0 Å². The summed E-state index contributed by atoms with van der Waals surface area (Å²) in [5.41, 5.74) is 2.18. The Morgan fingerprint density at radius 2 is 2.06 bits per heavy atom. The van der Waals surface area contributed by atoms with Gasteiger partial charge in [0.1, 0.15) is 0 Å². The molecular weight excluding hydrogens is 234 g/mol. The van der Waals surface area contributed by atoms with Crippen LogP contribution < -0.4 is 5.32 Å². The van der Waals surface area contributed by atoms with E-state index in [1.54, 1.807) is 0 Å². The van der Waals surface area contributed by atoms with E-state index in [4.69, 9.17) is 0 Å². The third kappa shape index (κ3) is 3.87. The molecule has 4 nitrogen and oxygen atoms in total. The van der Waals surface area contributed by atoms with Crippen molar-refractivity contribution in [1.29, 1.82) is 0 Å². The number of pyridine rings is 1. The topological polar surface area (TPSA) is 45.2 Å². The summed E-state index contributed by atoms with van der Waals surface area (Å²) in [5.74, 6) is 1.60. The molecule has 0 amide bonds. The van der Waals surface area contributed by atoms with Gasteiger partial charge >= 0.3 is 0 Å². The van der Waals surface area contributed by atoms with E-state index in [-0.39, 0.29) is 0 Å². The van der Waals surface area contributed by atoms with Crippen molar-refractivity contribution in [1.82, 2.24) is 15.2 Å². The summed E-state index contributed by atoms with van der Waals surface area (Å²) in [6.45, 7) is 3.52. The number of hydrogen-bond donors (Lipinski definition) is 1. The van der Waals surface area contributed by atoms with Crippen LogP contribution in [0.4, 0.5) is 0 Å². The molecule has 1 aliphatic rings. The third-order valence-electron chi connectivity index (χ3n) is 2.88. The molecule has 1 N–H and O–H groups in total. The minimum atomic E-state index is -0.598. The van der Waals surface area contributed by atoms with Gasteiger partial charge < -0.3 is 5.32 Å². The molecule has 0 aliphatic carbocycles. The molecule has 0 bridgehead atoms. The Hall–Kier alpha value is -0.780. The van der Waals surface area contributed by atoms with E-state index in [1.807, 2.05) is 13.1 Å². The monoisotopic (exact) mass is 253 g/mol. The van der Waals surface area contributed by atoms with Crippen LogP contribution in [0, 0.1) is 0 Å². The van der Waals surface area contributed by atoms with E-state index in [1.165, 1.54) is 0 Å².